The highest BCUT2D eigenvalue weighted by molar-refractivity contribution is 5.76. The lowest BCUT2D eigenvalue weighted by Crippen LogP contribution is -2.38. The Bertz CT molecular complexity index is 614. The quantitative estimate of drug-likeness (QED) is 0.862. The second-order valence-electron chi connectivity index (χ2n) is 6.51. The van der Waals surface area contributed by atoms with Gasteiger partial charge in [0.2, 0.25) is 5.91 Å². The standard InChI is InChI=1S/C18H25N3O3/c1-19-18(23)21-8-9-24-16-6-4-13(10-15(16)12-21)5-7-17(22)20-11-14-2-3-14/h4,6,10,14H,2-3,5,7-9,11-12H2,1H3,(H,19,23)(H,20,22). The molecule has 3 amide bonds. The molecule has 1 fully saturated rings. The third-order valence-electron chi connectivity index (χ3n) is 4.53. The first kappa shape index (κ1) is 16.6. The number of carbonyl (C=O) groups is 2. The summed E-state index contributed by atoms with van der Waals surface area (Å²) in [5, 5.41) is 5.65. The number of fused-ring (bicyclic) bond motifs is 1. The van der Waals surface area contributed by atoms with Crippen LogP contribution >= 0.6 is 0 Å². The minimum Gasteiger partial charge on any atom is -0.491 e. The van der Waals surface area contributed by atoms with E-state index in [4.69, 9.17) is 4.74 Å². The molecule has 0 aromatic heterocycles. The largest absolute Gasteiger partial charge is 0.491 e. The Kier molecular flexibility index (Phi) is 5.23. The number of hydrogen-bond donors (Lipinski definition) is 2. The fourth-order valence-corrected chi connectivity index (χ4v) is 2.86. The molecule has 1 saturated carbocycles. The van der Waals surface area contributed by atoms with Crippen molar-refractivity contribution in [1.29, 1.82) is 0 Å². The Morgan fingerprint density at radius 2 is 2.17 bits per heavy atom. The number of rotatable bonds is 5. The van der Waals surface area contributed by atoms with Crippen molar-refractivity contribution in [2.75, 3.05) is 26.7 Å². The first-order valence-electron chi connectivity index (χ1n) is 8.63. The average Bonchev–Trinajstić information content (AvgIpc) is 3.43. The summed E-state index contributed by atoms with van der Waals surface area (Å²) in [4.78, 5) is 25.5. The second-order valence-corrected chi connectivity index (χ2v) is 6.51. The maximum Gasteiger partial charge on any atom is 0.317 e. The van der Waals surface area contributed by atoms with E-state index >= 15 is 0 Å². The van der Waals surface area contributed by atoms with Gasteiger partial charge in [0, 0.05) is 25.6 Å². The second kappa shape index (κ2) is 7.55. The Hall–Kier alpha value is -2.24. The summed E-state index contributed by atoms with van der Waals surface area (Å²) in [6.07, 6.45) is 3.68. The molecule has 1 aliphatic heterocycles. The van der Waals surface area contributed by atoms with Gasteiger partial charge < -0.3 is 20.3 Å². The number of carbonyl (C=O) groups excluding carboxylic acids is 2. The number of amides is 3. The summed E-state index contributed by atoms with van der Waals surface area (Å²) in [7, 11) is 1.63. The number of ether oxygens (including phenoxy) is 1. The number of urea groups is 1. The predicted molar refractivity (Wildman–Crippen MR) is 90.9 cm³/mol. The van der Waals surface area contributed by atoms with Crippen LogP contribution in [0.4, 0.5) is 4.79 Å². The van der Waals surface area contributed by atoms with E-state index in [1.807, 2.05) is 18.2 Å². The fourth-order valence-electron chi connectivity index (χ4n) is 2.86. The molecule has 6 heteroatoms. The molecule has 3 rings (SSSR count). The molecular formula is C18H25N3O3. The molecule has 0 spiro atoms. The van der Waals surface area contributed by atoms with Gasteiger partial charge in [-0.05, 0) is 36.8 Å². The molecule has 0 radical (unpaired) electrons. The molecule has 2 N–H and O–H groups in total. The van der Waals surface area contributed by atoms with Crippen molar-refractivity contribution in [1.82, 2.24) is 15.5 Å². The fraction of sp³-hybridized carbons (Fsp3) is 0.556. The van der Waals surface area contributed by atoms with Gasteiger partial charge in [-0.25, -0.2) is 4.79 Å². The van der Waals surface area contributed by atoms with Crippen LogP contribution in [0.25, 0.3) is 0 Å². The van der Waals surface area contributed by atoms with Gasteiger partial charge in [-0.15, -0.1) is 0 Å². The van der Waals surface area contributed by atoms with E-state index in [0.29, 0.717) is 38.5 Å². The minimum atomic E-state index is -0.101. The van der Waals surface area contributed by atoms with E-state index < -0.39 is 0 Å². The van der Waals surface area contributed by atoms with Crippen LogP contribution < -0.4 is 15.4 Å². The number of nitrogens with zero attached hydrogens (tertiary/aromatic N) is 1. The Morgan fingerprint density at radius 3 is 2.92 bits per heavy atom. The normalized spacial score (nSPS) is 16.6. The highest BCUT2D eigenvalue weighted by Gasteiger charge is 2.22. The van der Waals surface area contributed by atoms with Gasteiger partial charge >= 0.3 is 6.03 Å². The van der Waals surface area contributed by atoms with Gasteiger partial charge in [0.25, 0.3) is 0 Å². The molecule has 130 valence electrons. The lowest BCUT2D eigenvalue weighted by molar-refractivity contribution is -0.121. The summed E-state index contributed by atoms with van der Waals surface area (Å²) in [5.41, 5.74) is 2.09. The van der Waals surface area contributed by atoms with Crippen LogP contribution in [0.5, 0.6) is 5.75 Å². The maximum atomic E-state index is 11.9. The molecule has 0 bridgehead atoms. The molecule has 24 heavy (non-hydrogen) atoms. The number of nitrogens with one attached hydrogen (secondary N) is 2. The minimum absolute atomic E-state index is 0.101. The van der Waals surface area contributed by atoms with Crippen LogP contribution in [-0.4, -0.2) is 43.6 Å². The molecule has 1 aromatic carbocycles. The summed E-state index contributed by atoms with van der Waals surface area (Å²) >= 11 is 0. The molecule has 0 unspecified atom stereocenters. The van der Waals surface area contributed by atoms with Crippen molar-refractivity contribution in [2.45, 2.75) is 32.2 Å². The van der Waals surface area contributed by atoms with Crippen molar-refractivity contribution in [3.8, 4) is 5.75 Å². The van der Waals surface area contributed by atoms with Gasteiger partial charge in [-0.1, -0.05) is 12.1 Å². The van der Waals surface area contributed by atoms with Gasteiger partial charge in [0.1, 0.15) is 12.4 Å². The first-order valence-corrected chi connectivity index (χ1v) is 8.63. The maximum absolute atomic E-state index is 11.9. The van der Waals surface area contributed by atoms with Crippen LogP contribution in [0.1, 0.15) is 30.4 Å². The SMILES string of the molecule is CNC(=O)N1CCOc2ccc(CCC(=O)NCC3CC3)cc2C1. The topological polar surface area (TPSA) is 70.7 Å². The molecule has 0 atom stereocenters. The Labute approximate surface area is 142 Å². The number of benzene rings is 1. The van der Waals surface area contributed by atoms with E-state index in [0.717, 1.165) is 23.4 Å². The zero-order valence-corrected chi connectivity index (χ0v) is 14.1. The van der Waals surface area contributed by atoms with Crippen LogP contribution in [-0.2, 0) is 17.8 Å². The van der Waals surface area contributed by atoms with E-state index in [1.54, 1.807) is 11.9 Å². The summed E-state index contributed by atoms with van der Waals surface area (Å²) in [6, 6.07) is 5.89. The summed E-state index contributed by atoms with van der Waals surface area (Å²) < 4.78 is 5.72. The van der Waals surface area contributed by atoms with Crippen LogP contribution in [0.3, 0.4) is 0 Å². The molecule has 1 aliphatic carbocycles. The van der Waals surface area contributed by atoms with Crippen molar-refractivity contribution in [3.05, 3.63) is 29.3 Å². The molecule has 0 saturated heterocycles. The third-order valence-corrected chi connectivity index (χ3v) is 4.53. The van der Waals surface area contributed by atoms with Crippen LogP contribution in [0.15, 0.2) is 18.2 Å². The average molecular weight is 331 g/mol. The van der Waals surface area contributed by atoms with E-state index in [2.05, 4.69) is 10.6 Å². The van der Waals surface area contributed by atoms with Crippen molar-refractivity contribution in [2.24, 2.45) is 5.92 Å². The van der Waals surface area contributed by atoms with Crippen LogP contribution in [0.2, 0.25) is 0 Å². The summed E-state index contributed by atoms with van der Waals surface area (Å²) in [6.45, 7) is 2.39. The predicted octanol–water partition coefficient (Wildman–Crippen LogP) is 1.68. The van der Waals surface area contributed by atoms with E-state index in [9.17, 15) is 9.59 Å². The van der Waals surface area contributed by atoms with Gasteiger partial charge in [-0.3, -0.25) is 4.79 Å². The number of aryl methyl sites for hydroxylation is 1. The smallest absolute Gasteiger partial charge is 0.317 e. The van der Waals surface area contributed by atoms with Crippen LogP contribution in [0, 0.1) is 5.92 Å². The van der Waals surface area contributed by atoms with Crippen molar-refractivity contribution >= 4 is 11.9 Å². The lowest BCUT2D eigenvalue weighted by Gasteiger charge is -2.19. The van der Waals surface area contributed by atoms with E-state index in [-0.39, 0.29) is 11.9 Å². The first-order chi connectivity index (χ1) is 11.7. The molecule has 6 nitrogen and oxygen atoms in total. The molecule has 1 heterocycles. The van der Waals surface area contributed by atoms with Gasteiger partial charge in [-0.2, -0.15) is 0 Å². The highest BCUT2D eigenvalue weighted by atomic mass is 16.5. The zero-order valence-electron chi connectivity index (χ0n) is 14.1. The third kappa shape index (κ3) is 4.40. The number of hydrogen-bond acceptors (Lipinski definition) is 3. The molecular weight excluding hydrogens is 306 g/mol. The summed E-state index contributed by atoms with van der Waals surface area (Å²) in [5.74, 6) is 1.64. The van der Waals surface area contributed by atoms with E-state index in [1.165, 1.54) is 12.8 Å². The van der Waals surface area contributed by atoms with Gasteiger partial charge in [0.15, 0.2) is 0 Å². The molecule has 1 aromatic rings. The monoisotopic (exact) mass is 331 g/mol. The Balaban J connectivity index is 1.58. The highest BCUT2D eigenvalue weighted by Crippen LogP contribution is 2.27. The van der Waals surface area contributed by atoms with Crippen molar-refractivity contribution in [3.63, 3.8) is 0 Å². The van der Waals surface area contributed by atoms with Gasteiger partial charge in [0.05, 0.1) is 13.1 Å². The van der Waals surface area contributed by atoms with Crippen molar-refractivity contribution < 1.29 is 14.3 Å². The lowest BCUT2D eigenvalue weighted by atomic mass is 10.0. The Morgan fingerprint density at radius 1 is 1.33 bits per heavy atom. The zero-order chi connectivity index (χ0) is 16.9. The molecule has 2 aliphatic rings.